The predicted octanol–water partition coefficient (Wildman–Crippen LogP) is 6.94. The van der Waals surface area contributed by atoms with Crippen LogP contribution in [0.15, 0.2) is 12.2 Å². The van der Waals surface area contributed by atoms with Crippen molar-refractivity contribution >= 4 is 5.97 Å². The fourth-order valence-electron chi connectivity index (χ4n) is 3.64. The van der Waals surface area contributed by atoms with Crippen LogP contribution in [0, 0.1) is 0 Å². The predicted molar refractivity (Wildman–Crippen MR) is 140 cm³/mol. The number of unbranched alkanes of at least 4 members (excludes halogenated alkanes) is 12. The Morgan fingerprint density at radius 1 is 0.727 bits per heavy atom. The third-order valence-corrected chi connectivity index (χ3v) is 6.05. The monoisotopic (exact) mass is 469 g/mol. The molecule has 5 heteroatoms. The fourth-order valence-corrected chi connectivity index (χ4v) is 3.64. The summed E-state index contributed by atoms with van der Waals surface area (Å²) in [6.07, 6.45) is 23.4. The Balaban J connectivity index is 3.40. The standard InChI is InChI=1S/C28H55NO4/c1-5-6-7-20-23-32-25-27(29(2)3)26-33-24-21-18-16-14-12-10-8-9-11-13-15-17-19-22-28(30)31-4/h9,11,27H,5-8,10,12-26H2,1-4H3/b11-9+. The number of hydrogen-bond acceptors (Lipinski definition) is 5. The quantitative estimate of drug-likeness (QED) is 0.0823. The van der Waals surface area contributed by atoms with Gasteiger partial charge in [-0.15, -0.1) is 0 Å². The van der Waals surface area contributed by atoms with Gasteiger partial charge in [0.2, 0.25) is 0 Å². The lowest BCUT2D eigenvalue weighted by atomic mass is 10.1. The lowest BCUT2D eigenvalue weighted by Gasteiger charge is -2.24. The normalized spacial score (nSPS) is 12.6. The molecule has 0 heterocycles. The molecule has 0 aromatic rings. The highest BCUT2D eigenvalue weighted by Crippen LogP contribution is 2.09. The zero-order valence-electron chi connectivity index (χ0n) is 22.5. The van der Waals surface area contributed by atoms with Crippen molar-refractivity contribution in [2.75, 3.05) is 47.6 Å². The number of nitrogens with zero attached hydrogens (tertiary/aromatic N) is 1. The number of rotatable bonds is 25. The second-order valence-electron chi connectivity index (χ2n) is 9.38. The van der Waals surface area contributed by atoms with Gasteiger partial charge in [-0.25, -0.2) is 0 Å². The smallest absolute Gasteiger partial charge is 0.305 e. The molecular formula is C28H55NO4. The number of likely N-dealkylation sites (N-methyl/N-ethyl adjacent to an activating group) is 1. The lowest BCUT2D eigenvalue weighted by molar-refractivity contribution is -0.140. The van der Waals surface area contributed by atoms with Crippen molar-refractivity contribution in [3.8, 4) is 0 Å². The zero-order chi connectivity index (χ0) is 24.4. The Labute approximate surface area is 205 Å². The minimum Gasteiger partial charge on any atom is -0.469 e. The molecule has 33 heavy (non-hydrogen) atoms. The summed E-state index contributed by atoms with van der Waals surface area (Å²) in [7, 11) is 5.67. The fraction of sp³-hybridized carbons (Fsp3) is 0.893. The van der Waals surface area contributed by atoms with Crippen molar-refractivity contribution in [2.45, 2.75) is 116 Å². The summed E-state index contributed by atoms with van der Waals surface area (Å²) in [5.41, 5.74) is 0. The molecule has 0 saturated heterocycles. The summed E-state index contributed by atoms with van der Waals surface area (Å²) in [5.74, 6) is -0.0926. The van der Waals surface area contributed by atoms with E-state index in [4.69, 9.17) is 9.47 Å². The van der Waals surface area contributed by atoms with E-state index < -0.39 is 0 Å². The SMILES string of the molecule is CCCCCCOCC(COCCCCCCCC/C=C/CCCCCC(=O)OC)N(C)C. The first-order valence-corrected chi connectivity index (χ1v) is 13.7. The van der Waals surface area contributed by atoms with Crippen LogP contribution in [0.3, 0.4) is 0 Å². The second kappa shape index (κ2) is 25.7. The number of hydrogen-bond donors (Lipinski definition) is 0. The first-order valence-electron chi connectivity index (χ1n) is 13.7. The van der Waals surface area contributed by atoms with Gasteiger partial charge in [0.05, 0.1) is 26.4 Å². The summed E-state index contributed by atoms with van der Waals surface area (Å²) in [6, 6.07) is 0.351. The maximum Gasteiger partial charge on any atom is 0.305 e. The molecule has 0 aromatic carbocycles. The van der Waals surface area contributed by atoms with Gasteiger partial charge in [0.15, 0.2) is 0 Å². The molecule has 196 valence electrons. The van der Waals surface area contributed by atoms with Crippen molar-refractivity contribution in [3.63, 3.8) is 0 Å². The van der Waals surface area contributed by atoms with Crippen molar-refractivity contribution in [1.82, 2.24) is 4.90 Å². The Kier molecular flexibility index (Phi) is 25.0. The van der Waals surface area contributed by atoms with Crippen molar-refractivity contribution in [3.05, 3.63) is 12.2 Å². The number of allylic oxidation sites excluding steroid dienone is 2. The Bertz CT molecular complexity index is 440. The molecule has 0 aliphatic carbocycles. The van der Waals surface area contributed by atoms with Gasteiger partial charge in [0.1, 0.15) is 0 Å². The molecule has 0 rings (SSSR count). The molecule has 0 bridgehead atoms. The summed E-state index contributed by atoms with van der Waals surface area (Å²) in [5, 5.41) is 0. The van der Waals surface area contributed by atoms with E-state index in [1.807, 2.05) is 0 Å². The largest absolute Gasteiger partial charge is 0.469 e. The molecule has 0 aliphatic heterocycles. The highest BCUT2D eigenvalue weighted by Gasteiger charge is 2.11. The van der Waals surface area contributed by atoms with Gasteiger partial charge < -0.3 is 19.1 Å². The molecule has 0 spiro atoms. The topological polar surface area (TPSA) is 48.0 Å². The van der Waals surface area contributed by atoms with Crippen LogP contribution in [-0.2, 0) is 19.0 Å². The first kappa shape index (κ1) is 32.1. The van der Waals surface area contributed by atoms with Crippen LogP contribution in [0.25, 0.3) is 0 Å². The van der Waals surface area contributed by atoms with Crippen molar-refractivity contribution in [1.29, 1.82) is 0 Å². The van der Waals surface area contributed by atoms with Crippen LogP contribution in [0.2, 0.25) is 0 Å². The van der Waals surface area contributed by atoms with E-state index in [0.29, 0.717) is 12.5 Å². The van der Waals surface area contributed by atoms with Crippen LogP contribution in [0.5, 0.6) is 0 Å². The average Bonchev–Trinajstić information content (AvgIpc) is 2.81. The van der Waals surface area contributed by atoms with E-state index in [1.165, 1.54) is 71.3 Å². The Morgan fingerprint density at radius 2 is 1.21 bits per heavy atom. The van der Waals surface area contributed by atoms with E-state index in [2.05, 4.69) is 42.8 Å². The van der Waals surface area contributed by atoms with Gasteiger partial charge in [-0.2, -0.15) is 0 Å². The Hall–Kier alpha value is -0.910. The second-order valence-corrected chi connectivity index (χ2v) is 9.38. The number of ether oxygens (including phenoxy) is 3. The highest BCUT2D eigenvalue weighted by molar-refractivity contribution is 5.68. The molecule has 0 saturated carbocycles. The molecular weight excluding hydrogens is 414 g/mol. The highest BCUT2D eigenvalue weighted by atomic mass is 16.5. The van der Waals surface area contributed by atoms with Crippen molar-refractivity contribution in [2.24, 2.45) is 0 Å². The van der Waals surface area contributed by atoms with Crippen LogP contribution in [0.1, 0.15) is 110 Å². The van der Waals surface area contributed by atoms with E-state index >= 15 is 0 Å². The number of methoxy groups -OCH3 is 1. The molecule has 5 nitrogen and oxygen atoms in total. The van der Waals surface area contributed by atoms with Crippen LogP contribution in [0.4, 0.5) is 0 Å². The van der Waals surface area contributed by atoms with E-state index in [9.17, 15) is 4.79 Å². The average molecular weight is 470 g/mol. The maximum absolute atomic E-state index is 11.0. The summed E-state index contributed by atoms with van der Waals surface area (Å²) in [6.45, 7) is 5.51. The summed E-state index contributed by atoms with van der Waals surface area (Å²) >= 11 is 0. The van der Waals surface area contributed by atoms with E-state index in [-0.39, 0.29) is 5.97 Å². The third-order valence-electron chi connectivity index (χ3n) is 6.05. The van der Waals surface area contributed by atoms with Gasteiger partial charge in [0, 0.05) is 19.6 Å². The molecule has 0 fully saturated rings. The van der Waals surface area contributed by atoms with Crippen LogP contribution in [-0.4, -0.2) is 64.5 Å². The molecule has 0 N–H and O–H groups in total. The van der Waals surface area contributed by atoms with E-state index in [1.54, 1.807) is 0 Å². The number of esters is 1. The summed E-state index contributed by atoms with van der Waals surface area (Å²) in [4.78, 5) is 13.2. The van der Waals surface area contributed by atoms with Crippen molar-refractivity contribution < 1.29 is 19.0 Å². The van der Waals surface area contributed by atoms with Crippen LogP contribution < -0.4 is 0 Å². The van der Waals surface area contributed by atoms with E-state index in [0.717, 1.165) is 58.5 Å². The van der Waals surface area contributed by atoms with Gasteiger partial charge in [-0.3, -0.25) is 4.79 Å². The number of carbonyl (C=O) groups is 1. The maximum atomic E-state index is 11.0. The van der Waals surface area contributed by atoms with Gasteiger partial charge in [-0.05, 0) is 59.0 Å². The molecule has 0 amide bonds. The third kappa shape index (κ3) is 24.0. The molecule has 1 unspecified atom stereocenters. The summed E-state index contributed by atoms with van der Waals surface area (Å²) < 4.78 is 16.4. The molecule has 0 aliphatic rings. The molecule has 0 aromatic heterocycles. The lowest BCUT2D eigenvalue weighted by Crippen LogP contribution is -2.37. The minimum atomic E-state index is -0.0926. The molecule has 0 radical (unpaired) electrons. The molecule has 1 atom stereocenters. The van der Waals surface area contributed by atoms with Crippen LogP contribution >= 0.6 is 0 Å². The zero-order valence-corrected chi connectivity index (χ0v) is 22.5. The Morgan fingerprint density at radius 3 is 1.73 bits per heavy atom. The first-order chi connectivity index (χ1) is 16.1. The number of carbonyl (C=O) groups excluding carboxylic acids is 1. The van der Waals surface area contributed by atoms with Gasteiger partial charge >= 0.3 is 5.97 Å². The van der Waals surface area contributed by atoms with Gasteiger partial charge in [0.25, 0.3) is 0 Å². The minimum absolute atomic E-state index is 0.0926. The van der Waals surface area contributed by atoms with Gasteiger partial charge in [-0.1, -0.05) is 70.4 Å².